The lowest BCUT2D eigenvalue weighted by Gasteiger charge is -2.24. The fourth-order valence-corrected chi connectivity index (χ4v) is 5.74. The molecule has 0 aromatic heterocycles. The van der Waals surface area contributed by atoms with E-state index in [9.17, 15) is 14.4 Å². The van der Waals surface area contributed by atoms with E-state index in [-0.39, 0.29) is 29.7 Å². The van der Waals surface area contributed by atoms with Crippen LogP contribution in [0.5, 0.6) is 5.75 Å². The topological polar surface area (TPSA) is 100 Å². The predicted molar refractivity (Wildman–Crippen MR) is 169 cm³/mol. The number of carbonyl (C=O) groups excluding carboxylic acids is 3. The first-order valence-corrected chi connectivity index (χ1v) is 15.0. The highest BCUT2D eigenvalue weighted by Gasteiger charge is 2.32. The largest absolute Gasteiger partial charge is 0.484 e. The molecule has 3 amide bonds. The third-order valence-electron chi connectivity index (χ3n) is 6.83. The van der Waals surface area contributed by atoms with Gasteiger partial charge >= 0.3 is 0 Å². The second-order valence-corrected chi connectivity index (χ2v) is 11.0. The second kappa shape index (κ2) is 14.8. The van der Waals surface area contributed by atoms with Gasteiger partial charge in [0.25, 0.3) is 11.8 Å². The van der Waals surface area contributed by atoms with Crippen LogP contribution in [0, 0.1) is 0 Å². The first-order valence-electron chi connectivity index (χ1n) is 14.0. The van der Waals surface area contributed by atoms with Crippen molar-refractivity contribution in [2.24, 2.45) is 5.10 Å². The second-order valence-electron chi connectivity index (χ2n) is 9.93. The first kappa shape index (κ1) is 29.6. The Labute approximate surface area is 255 Å². The summed E-state index contributed by atoms with van der Waals surface area (Å²) in [6, 6.07) is 34.2. The number of hydrazone groups is 1. The number of hydrogen-bond acceptors (Lipinski definition) is 6. The van der Waals surface area contributed by atoms with Crippen LogP contribution in [0.2, 0.25) is 0 Å². The Balaban J connectivity index is 1.06. The Morgan fingerprint density at radius 2 is 1.56 bits per heavy atom. The quantitative estimate of drug-likeness (QED) is 0.179. The lowest BCUT2D eigenvalue weighted by Crippen LogP contribution is -2.30. The number of thioether (sulfide) groups is 1. The summed E-state index contributed by atoms with van der Waals surface area (Å²) in [7, 11) is 0. The van der Waals surface area contributed by atoms with E-state index in [1.54, 1.807) is 48.2 Å². The zero-order chi connectivity index (χ0) is 29.9. The summed E-state index contributed by atoms with van der Waals surface area (Å²) in [5, 5.41) is 6.82. The molecule has 1 atom stereocenters. The zero-order valence-electron chi connectivity index (χ0n) is 23.5. The SMILES string of the molecule is O=C(COc1ccc(/C=N\NC(=O)c2ccc([C@@H]3SCC(=O)N3Cc3ccccc3)cc2)cc1)NCCc1ccccc1. The van der Waals surface area contributed by atoms with Crippen LogP contribution in [0.15, 0.2) is 114 Å². The van der Waals surface area contributed by atoms with Gasteiger partial charge in [-0.1, -0.05) is 72.8 Å². The molecule has 4 aromatic rings. The smallest absolute Gasteiger partial charge is 0.271 e. The fourth-order valence-electron chi connectivity index (χ4n) is 4.55. The summed E-state index contributed by atoms with van der Waals surface area (Å²) in [5.41, 5.74) is 6.99. The average Bonchev–Trinajstić information content (AvgIpc) is 3.41. The van der Waals surface area contributed by atoms with E-state index >= 15 is 0 Å². The van der Waals surface area contributed by atoms with Crippen LogP contribution in [0.4, 0.5) is 0 Å². The van der Waals surface area contributed by atoms with E-state index in [0.29, 0.717) is 30.2 Å². The molecular formula is C34H32N4O4S. The van der Waals surface area contributed by atoms with E-state index in [4.69, 9.17) is 4.74 Å². The monoisotopic (exact) mass is 592 g/mol. The molecule has 8 nitrogen and oxygen atoms in total. The van der Waals surface area contributed by atoms with Gasteiger partial charge in [-0.3, -0.25) is 14.4 Å². The standard InChI is InChI=1S/C34H32N4O4S/c39-31(35-20-19-25-7-3-1-4-8-25)23-42-30-17-11-26(12-18-30)21-36-37-33(41)28-13-15-29(16-14-28)34-38(32(40)24-43-34)22-27-9-5-2-6-10-27/h1-18,21,34H,19-20,22-24H2,(H,35,39)(H,37,41)/b36-21-/t34-/m0/s1. The number of nitrogens with zero attached hydrogens (tertiary/aromatic N) is 2. The zero-order valence-corrected chi connectivity index (χ0v) is 24.3. The van der Waals surface area contributed by atoms with Gasteiger partial charge in [-0.15, -0.1) is 11.8 Å². The van der Waals surface area contributed by atoms with Gasteiger partial charge in [0.2, 0.25) is 5.91 Å². The molecule has 0 unspecified atom stereocenters. The third-order valence-corrected chi connectivity index (χ3v) is 8.09. The summed E-state index contributed by atoms with van der Waals surface area (Å²) >= 11 is 1.59. The van der Waals surface area contributed by atoms with Gasteiger partial charge in [0, 0.05) is 18.7 Å². The third kappa shape index (κ3) is 8.56. The molecule has 5 rings (SSSR count). The molecule has 218 valence electrons. The molecule has 1 aliphatic rings. The highest BCUT2D eigenvalue weighted by molar-refractivity contribution is 8.00. The number of amides is 3. The summed E-state index contributed by atoms with van der Waals surface area (Å²) in [6.45, 7) is 1.02. The molecule has 0 bridgehead atoms. The number of nitrogens with one attached hydrogen (secondary N) is 2. The summed E-state index contributed by atoms with van der Waals surface area (Å²) in [4.78, 5) is 39.1. The van der Waals surface area contributed by atoms with Crippen molar-refractivity contribution in [3.63, 3.8) is 0 Å². The lowest BCUT2D eigenvalue weighted by molar-refractivity contribution is -0.128. The first-order chi connectivity index (χ1) is 21.0. The van der Waals surface area contributed by atoms with Crippen molar-refractivity contribution < 1.29 is 19.1 Å². The van der Waals surface area contributed by atoms with Gasteiger partial charge in [0.1, 0.15) is 11.1 Å². The van der Waals surface area contributed by atoms with Crippen molar-refractivity contribution in [1.82, 2.24) is 15.6 Å². The number of carbonyl (C=O) groups is 3. The number of rotatable bonds is 12. The Morgan fingerprint density at radius 3 is 2.26 bits per heavy atom. The van der Waals surface area contributed by atoms with Crippen LogP contribution in [-0.2, 0) is 22.6 Å². The minimum atomic E-state index is -0.336. The number of ether oxygens (including phenoxy) is 1. The van der Waals surface area contributed by atoms with Crippen LogP contribution >= 0.6 is 11.8 Å². The lowest BCUT2D eigenvalue weighted by atomic mass is 10.1. The van der Waals surface area contributed by atoms with E-state index in [0.717, 1.165) is 23.1 Å². The molecule has 1 saturated heterocycles. The Hall–Kier alpha value is -4.89. The highest BCUT2D eigenvalue weighted by atomic mass is 32.2. The summed E-state index contributed by atoms with van der Waals surface area (Å²) < 4.78 is 5.57. The van der Waals surface area contributed by atoms with Crippen molar-refractivity contribution in [2.45, 2.75) is 18.3 Å². The van der Waals surface area contributed by atoms with E-state index < -0.39 is 0 Å². The van der Waals surface area contributed by atoms with Gasteiger partial charge in [0.05, 0.1) is 12.0 Å². The summed E-state index contributed by atoms with van der Waals surface area (Å²) in [6.07, 6.45) is 2.30. The minimum absolute atomic E-state index is 0.0716. The maximum Gasteiger partial charge on any atom is 0.271 e. The van der Waals surface area contributed by atoms with Crippen molar-refractivity contribution in [3.8, 4) is 5.75 Å². The maximum atomic E-state index is 12.6. The van der Waals surface area contributed by atoms with Crippen LogP contribution in [-0.4, -0.2) is 47.7 Å². The molecule has 9 heteroatoms. The molecule has 0 radical (unpaired) electrons. The molecule has 0 spiro atoms. The van der Waals surface area contributed by atoms with Gasteiger partial charge in [-0.05, 0) is 65.1 Å². The molecule has 1 aliphatic heterocycles. The Bertz CT molecular complexity index is 1550. The van der Waals surface area contributed by atoms with Crippen molar-refractivity contribution in [1.29, 1.82) is 0 Å². The van der Waals surface area contributed by atoms with E-state index in [1.807, 2.05) is 77.7 Å². The van der Waals surface area contributed by atoms with Gasteiger partial charge < -0.3 is 15.0 Å². The number of hydrogen-bond donors (Lipinski definition) is 2. The Kier molecular flexibility index (Phi) is 10.2. The molecule has 2 N–H and O–H groups in total. The Morgan fingerprint density at radius 1 is 0.884 bits per heavy atom. The van der Waals surface area contributed by atoms with E-state index in [1.165, 1.54) is 11.8 Å². The minimum Gasteiger partial charge on any atom is -0.484 e. The van der Waals surface area contributed by atoms with Crippen LogP contribution < -0.4 is 15.5 Å². The predicted octanol–water partition coefficient (Wildman–Crippen LogP) is 4.96. The van der Waals surface area contributed by atoms with Crippen molar-refractivity contribution in [3.05, 3.63) is 137 Å². The maximum absolute atomic E-state index is 12.6. The highest BCUT2D eigenvalue weighted by Crippen LogP contribution is 2.39. The molecule has 0 aliphatic carbocycles. The van der Waals surface area contributed by atoms with Gasteiger partial charge in [0.15, 0.2) is 6.61 Å². The van der Waals surface area contributed by atoms with Crippen LogP contribution in [0.25, 0.3) is 0 Å². The normalized spacial score (nSPS) is 14.6. The van der Waals surface area contributed by atoms with Crippen LogP contribution in [0.1, 0.15) is 38.0 Å². The molecular weight excluding hydrogens is 560 g/mol. The molecule has 1 heterocycles. The van der Waals surface area contributed by atoms with E-state index in [2.05, 4.69) is 15.8 Å². The average molecular weight is 593 g/mol. The molecule has 1 fully saturated rings. The van der Waals surface area contributed by atoms with Crippen molar-refractivity contribution in [2.75, 3.05) is 18.9 Å². The fraction of sp³-hybridized carbons (Fsp3) is 0.176. The van der Waals surface area contributed by atoms with Crippen molar-refractivity contribution >= 4 is 35.7 Å². The molecule has 0 saturated carbocycles. The van der Waals surface area contributed by atoms with Gasteiger partial charge in [-0.2, -0.15) is 5.10 Å². The van der Waals surface area contributed by atoms with Crippen LogP contribution in [0.3, 0.4) is 0 Å². The van der Waals surface area contributed by atoms with Gasteiger partial charge in [-0.25, -0.2) is 5.43 Å². The molecule has 43 heavy (non-hydrogen) atoms. The summed E-state index contributed by atoms with van der Waals surface area (Å²) in [5.74, 6) is 0.583. The molecule has 4 aromatic carbocycles. The number of benzene rings is 4.